The molecule has 1 heterocycles. The number of benzene rings is 2. The Bertz CT molecular complexity index is 1160. The molecule has 0 aliphatic rings. The van der Waals surface area contributed by atoms with E-state index in [1.54, 1.807) is 25.1 Å². The monoisotopic (exact) mass is 421 g/mol. The smallest absolute Gasteiger partial charge is 0.340 e. The molecule has 0 aliphatic heterocycles. The Morgan fingerprint density at radius 1 is 1.23 bits per heavy atom. The van der Waals surface area contributed by atoms with Crippen LogP contribution < -0.4 is 15.7 Å². The van der Waals surface area contributed by atoms with Gasteiger partial charge in [0.2, 0.25) is 5.91 Å². The molecule has 31 heavy (non-hydrogen) atoms. The lowest BCUT2D eigenvalue weighted by Crippen LogP contribution is -2.31. The lowest BCUT2D eigenvalue weighted by molar-refractivity contribution is -0.120. The van der Waals surface area contributed by atoms with Crippen LogP contribution in [0, 0.1) is 13.8 Å². The summed E-state index contributed by atoms with van der Waals surface area (Å²) in [4.78, 5) is 25.1. The number of aryl methyl sites for hydroxylation is 2. The van der Waals surface area contributed by atoms with E-state index in [2.05, 4.69) is 11.9 Å². The van der Waals surface area contributed by atoms with E-state index in [1.165, 1.54) is 0 Å². The van der Waals surface area contributed by atoms with Crippen LogP contribution in [0.5, 0.6) is 5.75 Å². The fourth-order valence-corrected chi connectivity index (χ4v) is 3.38. The Labute approximate surface area is 181 Å². The summed E-state index contributed by atoms with van der Waals surface area (Å²) in [5.41, 5.74) is 3.24. The summed E-state index contributed by atoms with van der Waals surface area (Å²) in [6.07, 6.45) is -0.983. The van der Waals surface area contributed by atoms with E-state index in [9.17, 15) is 14.7 Å². The van der Waals surface area contributed by atoms with E-state index in [1.807, 2.05) is 38.1 Å². The van der Waals surface area contributed by atoms with Crippen LogP contribution in [0.2, 0.25) is 0 Å². The quantitative estimate of drug-likeness (QED) is 0.427. The highest BCUT2D eigenvalue weighted by Gasteiger charge is 2.19. The highest BCUT2D eigenvalue weighted by molar-refractivity contribution is 5.89. The highest BCUT2D eigenvalue weighted by atomic mass is 16.5. The summed E-state index contributed by atoms with van der Waals surface area (Å²) in [6.45, 7) is 9.77. The fourth-order valence-electron chi connectivity index (χ4n) is 3.38. The summed E-state index contributed by atoms with van der Waals surface area (Å²) in [6, 6.07) is 12.7. The summed E-state index contributed by atoms with van der Waals surface area (Å²) in [7, 11) is 0. The standard InChI is InChI=1S/C25H27NO5/c1-15(2)14-30-21-10-16(3)11-22-24(21)17(4)19(25(29)31-22)12-23(28)26-13-20(27)18-8-6-5-7-9-18/h5-11,20,27H,1,12-14H2,2-4H3,(H,26,28). The first-order chi connectivity index (χ1) is 14.8. The lowest BCUT2D eigenvalue weighted by Gasteiger charge is -2.15. The minimum absolute atomic E-state index is 0.0486. The van der Waals surface area contributed by atoms with Crippen molar-refractivity contribution in [3.05, 3.63) is 87.3 Å². The zero-order valence-electron chi connectivity index (χ0n) is 18.0. The van der Waals surface area contributed by atoms with E-state index in [-0.39, 0.29) is 24.4 Å². The van der Waals surface area contributed by atoms with Gasteiger partial charge in [-0.25, -0.2) is 4.79 Å². The van der Waals surface area contributed by atoms with Crippen molar-refractivity contribution >= 4 is 16.9 Å². The number of hydrogen-bond acceptors (Lipinski definition) is 5. The molecular weight excluding hydrogens is 394 g/mol. The summed E-state index contributed by atoms with van der Waals surface area (Å²) in [5.74, 6) is 0.210. The van der Waals surface area contributed by atoms with Gasteiger partial charge in [-0.15, -0.1) is 0 Å². The minimum Gasteiger partial charge on any atom is -0.488 e. The predicted octanol–water partition coefficient (Wildman–Crippen LogP) is 3.76. The summed E-state index contributed by atoms with van der Waals surface area (Å²) < 4.78 is 11.4. The summed E-state index contributed by atoms with van der Waals surface area (Å²) >= 11 is 0. The van der Waals surface area contributed by atoms with Gasteiger partial charge in [-0.2, -0.15) is 0 Å². The van der Waals surface area contributed by atoms with Crippen LogP contribution in [-0.4, -0.2) is 24.2 Å². The van der Waals surface area contributed by atoms with Gasteiger partial charge in [0.25, 0.3) is 0 Å². The number of fused-ring (bicyclic) bond motifs is 1. The number of aliphatic hydroxyl groups excluding tert-OH is 1. The van der Waals surface area contributed by atoms with Gasteiger partial charge in [0.1, 0.15) is 17.9 Å². The third-order valence-corrected chi connectivity index (χ3v) is 4.98. The van der Waals surface area contributed by atoms with Gasteiger partial charge < -0.3 is 19.6 Å². The Morgan fingerprint density at radius 2 is 1.94 bits per heavy atom. The molecule has 1 amide bonds. The molecule has 0 radical (unpaired) electrons. The second-order valence-corrected chi connectivity index (χ2v) is 7.78. The van der Waals surface area contributed by atoms with Crippen LogP contribution in [0.3, 0.4) is 0 Å². The topological polar surface area (TPSA) is 88.8 Å². The number of carbonyl (C=O) groups excluding carboxylic acids is 1. The van der Waals surface area contributed by atoms with Crippen molar-refractivity contribution in [2.24, 2.45) is 0 Å². The molecule has 1 unspecified atom stereocenters. The number of amides is 1. The van der Waals surface area contributed by atoms with Gasteiger partial charge in [0.05, 0.1) is 23.5 Å². The first kappa shape index (κ1) is 22.3. The molecule has 0 saturated carbocycles. The Morgan fingerprint density at radius 3 is 2.61 bits per heavy atom. The third kappa shape index (κ3) is 5.41. The fraction of sp³-hybridized carbons (Fsp3) is 0.280. The second-order valence-electron chi connectivity index (χ2n) is 7.78. The van der Waals surface area contributed by atoms with Gasteiger partial charge >= 0.3 is 5.63 Å². The molecule has 0 spiro atoms. The molecular formula is C25H27NO5. The number of hydrogen-bond donors (Lipinski definition) is 2. The number of rotatable bonds is 8. The first-order valence-electron chi connectivity index (χ1n) is 10.1. The molecule has 0 fully saturated rings. The molecule has 2 aromatic carbocycles. The molecule has 3 rings (SSSR count). The van der Waals surface area contributed by atoms with Crippen LogP contribution >= 0.6 is 0 Å². The zero-order valence-corrected chi connectivity index (χ0v) is 18.0. The highest BCUT2D eigenvalue weighted by Crippen LogP contribution is 2.31. The molecule has 6 nitrogen and oxygen atoms in total. The maximum absolute atomic E-state index is 12.6. The second kappa shape index (κ2) is 9.62. The third-order valence-electron chi connectivity index (χ3n) is 4.98. The minimum atomic E-state index is -0.829. The maximum Gasteiger partial charge on any atom is 0.340 e. The van der Waals surface area contributed by atoms with E-state index in [0.717, 1.165) is 11.1 Å². The maximum atomic E-state index is 12.6. The molecule has 0 aliphatic carbocycles. The van der Waals surface area contributed by atoms with Crippen molar-refractivity contribution in [1.82, 2.24) is 5.32 Å². The Hall–Kier alpha value is -3.38. The first-order valence-corrected chi connectivity index (χ1v) is 10.1. The SMILES string of the molecule is C=C(C)COc1cc(C)cc2oc(=O)c(CC(=O)NCC(O)c3ccccc3)c(C)c12. The van der Waals surface area contributed by atoms with Gasteiger partial charge in [-0.1, -0.05) is 36.9 Å². The zero-order chi connectivity index (χ0) is 22.5. The number of aliphatic hydroxyl groups is 1. The molecule has 6 heteroatoms. The molecule has 1 aromatic heterocycles. The Balaban J connectivity index is 1.83. The van der Waals surface area contributed by atoms with Crippen LogP contribution in [-0.2, 0) is 11.2 Å². The van der Waals surface area contributed by atoms with E-state index in [0.29, 0.717) is 34.5 Å². The number of ether oxygens (including phenoxy) is 1. The lowest BCUT2D eigenvalue weighted by atomic mass is 10.0. The van der Waals surface area contributed by atoms with Crippen molar-refractivity contribution in [3.63, 3.8) is 0 Å². The van der Waals surface area contributed by atoms with Crippen molar-refractivity contribution in [1.29, 1.82) is 0 Å². The van der Waals surface area contributed by atoms with Gasteiger partial charge in [-0.3, -0.25) is 4.79 Å². The summed E-state index contributed by atoms with van der Waals surface area (Å²) in [5, 5.41) is 13.6. The van der Waals surface area contributed by atoms with E-state index >= 15 is 0 Å². The van der Waals surface area contributed by atoms with Crippen molar-refractivity contribution in [2.75, 3.05) is 13.2 Å². The van der Waals surface area contributed by atoms with Crippen LogP contribution in [0.4, 0.5) is 0 Å². The van der Waals surface area contributed by atoms with Crippen molar-refractivity contribution in [3.8, 4) is 5.75 Å². The molecule has 1 atom stereocenters. The van der Waals surface area contributed by atoms with Gasteiger partial charge in [-0.05, 0) is 55.2 Å². The molecule has 0 bridgehead atoms. The molecule has 162 valence electrons. The van der Waals surface area contributed by atoms with Crippen molar-refractivity contribution in [2.45, 2.75) is 33.3 Å². The van der Waals surface area contributed by atoms with Crippen LogP contribution in [0.25, 0.3) is 11.0 Å². The average Bonchev–Trinajstić information content (AvgIpc) is 2.73. The average molecular weight is 421 g/mol. The van der Waals surface area contributed by atoms with E-state index < -0.39 is 11.7 Å². The molecule has 3 aromatic rings. The molecule has 2 N–H and O–H groups in total. The number of nitrogens with one attached hydrogen (secondary N) is 1. The van der Waals surface area contributed by atoms with Crippen LogP contribution in [0.1, 0.15) is 35.3 Å². The largest absolute Gasteiger partial charge is 0.488 e. The van der Waals surface area contributed by atoms with Crippen LogP contribution in [0.15, 0.2) is 63.8 Å². The van der Waals surface area contributed by atoms with Gasteiger partial charge in [0, 0.05) is 6.54 Å². The molecule has 0 saturated heterocycles. The predicted molar refractivity (Wildman–Crippen MR) is 120 cm³/mol. The number of carbonyl (C=O) groups is 1. The van der Waals surface area contributed by atoms with Crippen molar-refractivity contribution < 1.29 is 19.1 Å². The van der Waals surface area contributed by atoms with Gasteiger partial charge in [0.15, 0.2) is 0 Å². The van der Waals surface area contributed by atoms with E-state index in [4.69, 9.17) is 9.15 Å². The normalized spacial score (nSPS) is 11.9. The Kier molecular flexibility index (Phi) is 6.92.